The molecule has 0 atom stereocenters. The normalized spacial score (nSPS) is 11.7. The van der Waals surface area contributed by atoms with Crippen molar-refractivity contribution in [3.63, 3.8) is 0 Å². The molecule has 7 nitrogen and oxygen atoms in total. The van der Waals surface area contributed by atoms with E-state index in [0.717, 1.165) is 23.3 Å². The van der Waals surface area contributed by atoms with Crippen molar-refractivity contribution < 1.29 is 4.74 Å². The van der Waals surface area contributed by atoms with Gasteiger partial charge in [-0.2, -0.15) is 4.98 Å². The maximum Gasteiger partial charge on any atom is 0.266 e. The molecule has 2 heterocycles. The number of aryl methyl sites for hydroxylation is 1. The van der Waals surface area contributed by atoms with E-state index in [4.69, 9.17) is 4.74 Å². The number of fused-ring (bicyclic) bond motifs is 1. The van der Waals surface area contributed by atoms with E-state index in [-0.39, 0.29) is 11.0 Å². The molecule has 0 saturated heterocycles. The Morgan fingerprint density at radius 1 is 1.06 bits per heavy atom. The molecule has 33 heavy (non-hydrogen) atoms. The van der Waals surface area contributed by atoms with Crippen LogP contribution >= 0.6 is 0 Å². The van der Waals surface area contributed by atoms with Crippen LogP contribution in [-0.2, 0) is 5.41 Å². The first-order valence-corrected chi connectivity index (χ1v) is 11.3. The quantitative estimate of drug-likeness (QED) is 0.396. The molecule has 0 spiro atoms. The molecular weight excluding hydrogens is 414 g/mol. The van der Waals surface area contributed by atoms with E-state index in [9.17, 15) is 4.79 Å². The van der Waals surface area contributed by atoms with Crippen LogP contribution in [0.25, 0.3) is 17.0 Å². The van der Waals surface area contributed by atoms with Gasteiger partial charge >= 0.3 is 0 Å². The van der Waals surface area contributed by atoms with E-state index in [0.29, 0.717) is 30.6 Å². The molecule has 0 saturated carbocycles. The van der Waals surface area contributed by atoms with Gasteiger partial charge in [0.15, 0.2) is 11.5 Å². The predicted molar refractivity (Wildman–Crippen MR) is 132 cm³/mol. The molecule has 2 aromatic carbocycles. The van der Waals surface area contributed by atoms with Gasteiger partial charge in [-0.15, -0.1) is 0 Å². The Balaban J connectivity index is 1.49. The average Bonchev–Trinajstić information content (AvgIpc) is 3.16. The smallest absolute Gasteiger partial charge is 0.266 e. The Morgan fingerprint density at radius 2 is 1.82 bits per heavy atom. The Kier molecular flexibility index (Phi) is 6.22. The van der Waals surface area contributed by atoms with Crippen LogP contribution in [-0.4, -0.2) is 32.7 Å². The molecule has 7 heteroatoms. The summed E-state index contributed by atoms with van der Waals surface area (Å²) < 4.78 is 7.53. The SMILES string of the molecule is Cc1cccc(OCCCNc2nc(-c3ccc(C(C)(C)C)cc3)nc3cc(=O)[nH]n23)c1C. The average molecular weight is 446 g/mol. The van der Waals surface area contributed by atoms with E-state index >= 15 is 0 Å². The van der Waals surface area contributed by atoms with Gasteiger partial charge < -0.3 is 10.1 Å². The summed E-state index contributed by atoms with van der Waals surface area (Å²) in [5.41, 5.74) is 4.91. The number of H-pyrrole nitrogens is 1. The summed E-state index contributed by atoms with van der Waals surface area (Å²) in [6.45, 7) is 11.9. The van der Waals surface area contributed by atoms with Crippen LogP contribution in [0.15, 0.2) is 53.3 Å². The Labute approximate surface area is 193 Å². The summed E-state index contributed by atoms with van der Waals surface area (Å²) in [4.78, 5) is 21.2. The highest BCUT2D eigenvalue weighted by atomic mass is 16.5. The number of benzene rings is 2. The van der Waals surface area contributed by atoms with E-state index < -0.39 is 0 Å². The van der Waals surface area contributed by atoms with Crippen molar-refractivity contribution >= 4 is 11.6 Å². The molecule has 0 aliphatic heterocycles. The highest BCUT2D eigenvalue weighted by molar-refractivity contribution is 5.60. The number of rotatable bonds is 7. The van der Waals surface area contributed by atoms with Crippen molar-refractivity contribution in [1.82, 2.24) is 19.6 Å². The first-order chi connectivity index (χ1) is 15.7. The lowest BCUT2D eigenvalue weighted by Crippen LogP contribution is -2.14. The van der Waals surface area contributed by atoms with Crippen molar-refractivity contribution in [1.29, 1.82) is 0 Å². The molecule has 2 N–H and O–H groups in total. The van der Waals surface area contributed by atoms with Crippen LogP contribution in [0.2, 0.25) is 0 Å². The van der Waals surface area contributed by atoms with Gasteiger partial charge in [-0.05, 0) is 48.4 Å². The zero-order chi connectivity index (χ0) is 23.6. The number of ether oxygens (including phenoxy) is 1. The van der Waals surface area contributed by atoms with Crippen LogP contribution in [0.3, 0.4) is 0 Å². The van der Waals surface area contributed by atoms with Gasteiger partial charge in [0.25, 0.3) is 5.56 Å². The van der Waals surface area contributed by atoms with Crippen LogP contribution < -0.4 is 15.6 Å². The fourth-order valence-electron chi connectivity index (χ4n) is 3.61. The lowest BCUT2D eigenvalue weighted by molar-refractivity contribution is 0.312. The lowest BCUT2D eigenvalue weighted by atomic mass is 9.87. The molecule has 0 fully saturated rings. The first kappa shape index (κ1) is 22.6. The largest absolute Gasteiger partial charge is 0.493 e. The maximum absolute atomic E-state index is 11.9. The topological polar surface area (TPSA) is 84.3 Å². The van der Waals surface area contributed by atoms with Gasteiger partial charge in [0.05, 0.1) is 6.61 Å². The van der Waals surface area contributed by atoms with E-state index in [2.05, 4.69) is 73.2 Å². The van der Waals surface area contributed by atoms with Crippen LogP contribution in [0, 0.1) is 13.8 Å². The third-order valence-electron chi connectivity index (χ3n) is 5.78. The van der Waals surface area contributed by atoms with E-state index in [1.807, 2.05) is 24.3 Å². The highest BCUT2D eigenvalue weighted by Gasteiger charge is 2.15. The van der Waals surface area contributed by atoms with Gasteiger partial charge in [-0.3, -0.25) is 9.89 Å². The van der Waals surface area contributed by atoms with Crippen molar-refractivity contribution in [3.8, 4) is 17.1 Å². The summed E-state index contributed by atoms with van der Waals surface area (Å²) in [6.07, 6.45) is 0.778. The summed E-state index contributed by atoms with van der Waals surface area (Å²) in [5, 5.41) is 6.08. The van der Waals surface area contributed by atoms with Crippen molar-refractivity contribution in [2.45, 2.75) is 46.5 Å². The number of aromatic amines is 1. The lowest BCUT2D eigenvalue weighted by Gasteiger charge is -2.19. The summed E-state index contributed by atoms with van der Waals surface area (Å²) in [5.74, 6) is 2.03. The second kappa shape index (κ2) is 9.10. The highest BCUT2D eigenvalue weighted by Crippen LogP contribution is 2.25. The van der Waals surface area contributed by atoms with E-state index in [1.165, 1.54) is 17.2 Å². The molecule has 0 amide bonds. The number of nitrogens with one attached hydrogen (secondary N) is 2. The summed E-state index contributed by atoms with van der Waals surface area (Å²) >= 11 is 0. The second-order valence-corrected chi connectivity index (χ2v) is 9.34. The van der Waals surface area contributed by atoms with Gasteiger partial charge in [0.2, 0.25) is 5.95 Å². The first-order valence-electron chi connectivity index (χ1n) is 11.3. The molecule has 4 aromatic rings. The molecule has 0 radical (unpaired) electrons. The number of hydrogen-bond donors (Lipinski definition) is 2. The van der Waals surface area contributed by atoms with Crippen LogP contribution in [0.1, 0.15) is 43.9 Å². The minimum atomic E-state index is -0.217. The fraction of sp³-hybridized carbons (Fsp3) is 0.346. The van der Waals surface area contributed by atoms with Gasteiger partial charge in [0, 0.05) is 18.2 Å². The molecule has 0 aliphatic carbocycles. The molecule has 2 aromatic heterocycles. The Morgan fingerprint density at radius 3 is 2.55 bits per heavy atom. The Hall–Kier alpha value is -3.61. The second-order valence-electron chi connectivity index (χ2n) is 9.34. The Bertz CT molecular complexity index is 1310. The zero-order valence-corrected chi connectivity index (χ0v) is 19.9. The van der Waals surface area contributed by atoms with Crippen molar-refractivity contribution in [2.75, 3.05) is 18.5 Å². The predicted octanol–water partition coefficient (Wildman–Crippen LogP) is 4.88. The molecule has 0 unspecified atom stereocenters. The van der Waals surface area contributed by atoms with Crippen LogP contribution in [0.5, 0.6) is 5.75 Å². The number of aromatic nitrogens is 4. The number of hydrogen-bond acceptors (Lipinski definition) is 5. The summed E-state index contributed by atoms with van der Waals surface area (Å²) in [6, 6.07) is 15.8. The van der Waals surface area contributed by atoms with Crippen molar-refractivity contribution in [2.24, 2.45) is 0 Å². The standard InChI is InChI=1S/C26H31N5O2/c1-17-8-6-9-21(18(17)2)33-15-7-14-27-25-29-24(28-22-16-23(32)30-31(22)25)19-10-12-20(13-11-19)26(3,4)5/h6,8-13,16H,7,14-15H2,1-5H3,(H,30,32)(H,27,28,29). The molecule has 0 aliphatic rings. The van der Waals surface area contributed by atoms with Gasteiger partial charge in [0.1, 0.15) is 5.75 Å². The van der Waals surface area contributed by atoms with Crippen LogP contribution in [0.4, 0.5) is 5.95 Å². The minimum absolute atomic E-state index is 0.0725. The molecule has 4 rings (SSSR count). The summed E-state index contributed by atoms with van der Waals surface area (Å²) in [7, 11) is 0. The minimum Gasteiger partial charge on any atom is -0.493 e. The molecular formula is C26H31N5O2. The number of anilines is 1. The van der Waals surface area contributed by atoms with E-state index in [1.54, 1.807) is 4.52 Å². The monoisotopic (exact) mass is 445 g/mol. The number of nitrogens with zero attached hydrogens (tertiary/aromatic N) is 3. The van der Waals surface area contributed by atoms with Gasteiger partial charge in [-0.25, -0.2) is 9.50 Å². The van der Waals surface area contributed by atoms with Gasteiger partial charge in [-0.1, -0.05) is 57.2 Å². The third kappa shape index (κ3) is 5.08. The third-order valence-corrected chi connectivity index (χ3v) is 5.78. The fourth-order valence-corrected chi connectivity index (χ4v) is 3.61. The van der Waals surface area contributed by atoms with Crippen molar-refractivity contribution in [3.05, 3.63) is 75.6 Å². The molecule has 172 valence electrons. The molecule has 0 bridgehead atoms. The maximum atomic E-state index is 11.9. The zero-order valence-electron chi connectivity index (χ0n) is 19.9.